The van der Waals surface area contributed by atoms with Crippen molar-refractivity contribution in [2.24, 2.45) is 5.16 Å². The molecule has 2 N–H and O–H groups in total. The quantitative estimate of drug-likeness (QED) is 0.259. The lowest BCUT2D eigenvalue weighted by Gasteiger charge is -2.12. The van der Waals surface area contributed by atoms with Crippen molar-refractivity contribution in [2.75, 3.05) is 6.61 Å². The van der Waals surface area contributed by atoms with Crippen molar-refractivity contribution < 1.29 is 32.7 Å². The summed E-state index contributed by atoms with van der Waals surface area (Å²) in [6, 6.07) is 19.6. The molecule has 34 heavy (non-hydrogen) atoms. The Hall–Kier alpha value is -3.85. The number of carbonyl (C=O) groups excluding carboxylic acids is 1. The van der Waals surface area contributed by atoms with Gasteiger partial charge < -0.3 is 9.57 Å². The van der Waals surface area contributed by atoms with Crippen LogP contribution in [0.25, 0.3) is 0 Å². The van der Waals surface area contributed by atoms with E-state index >= 15 is 0 Å². The Morgan fingerprint density at radius 3 is 2.32 bits per heavy atom. The summed E-state index contributed by atoms with van der Waals surface area (Å²) in [4.78, 5) is 16.7. The van der Waals surface area contributed by atoms with Crippen molar-refractivity contribution in [1.29, 1.82) is 0 Å². The Kier molecular flexibility index (Phi) is 8.26. The Labute approximate surface area is 194 Å². The molecule has 9 heteroatoms. The van der Waals surface area contributed by atoms with E-state index in [0.29, 0.717) is 23.4 Å². The lowest BCUT2D eigenvalue weighted by Crippen LogP contribution is -2.25. The molecule has 6 nitrogen and oxygen atoms in total. The first-order valence-electron chi connectivity index (χ1n) is 10.3. The number of hydrogen-bond donors (Lipinski definition) is 2. The maximum Gasteiger partial charge on any atom is 0.416 e. The number of amides is 1. The van der Waals surface area contributed by atoms with Gasteiger partial charge in [0.15, 0.2) is 6.61 Å². The number of hydroxylamine groups is 1. The Morgan fingerprint density at radius 1 is 1.00 bits per heavy atom. The van der Waals surface area contributed by atoms with Gasteiger partial charge >= 0.3 is 6.18 Å². The van der Waals surface area contributed by atoms with E-state index in [-0.39, 0.29) is 13.2 Å². The summed E-state index contributed by atoms with van der Waals surface area (Å²) in [5.41, 5.74) is 4.44. The number of halogens is 3. The van der Waals surface area contributed by atoms with Gasteiger partial charge in [-0.2, -0.15) is 13.2 Å². The smallest absolute Gasteiger partial charge is 0.416 e. The fourth-order valence-corrected chi connectivity index (χ4v) is 3.12. The van der Waals surface area contributed by atoms with Crippen molar-refractivity contribution in [3.8, 4) is 5.75 Å². The van der Waals surface area contributed by atoms with Crippen LogP contribution in [-0.4, -0.2) is 23.4 Å². The average Bonchev–Trinajstić information content (AvgIpc) is 2.83. The number of aryl methyl sites for hydroxylation is 1. The fourth-order valence-electron chi connectivity index (χ4n) is 3.12. The summed E-state index contributed by atoms with van der Waals surface area (Å²) in [5, 5.41) is 12.9. The molecule has 0 fully saturated rings. The summed E-state index contributed by atoms with van der Waals surface area (Å²) in [6.07, 6.45) is -3.93. The topological polar surface area (TPSA) is 80.2 Å². The molecule has 178 valence electrons. The molecule has 0 atom stereocenters. The molecule has 0 aliphatic heterocycles. The molecular formula is C25H23F3N2O4. The molecule has 0 aromatic heterocycles. The highest BCUT2D eigenvalue weighted by molar-refractivity contribution is 6.01. The van der Waals surface area contributed by atoms with Gasteiger partial charge in [-0.1, -0.05) is 47.6 Å². The summed E-state index contributed by atoms with van der Waals surface area (Å²) in [7, 11) is 0. The molecule has 0 spiro atoms. The monoisotopic (exact) mass is 472 g/mol. The number of ether oxygens (including phenoxy) is 1. The van der Waals surface area contributed by atoms with Gasteiger partial charge in [0.25, 0.3) is 5.91 Å². The standard InChI is InChI=1S/C25H23F3N2O4/c1-17-13-20(9-12-23(17)33-16-24(31)29-32)22(14-18-5-3-2-4-6-18)30-34-15-19-7-10-21(11-8-19)25(26,27)28/h2-13,32H,14-16H2,1H3,(H,29,31)/b30-22+. The van der Waals surface area contributed by atoms with Crippen molar-refractivity contribution in [3.63, 3.8) is 0 Å². The lowest BCUT2D eigenvalue weighted by molar-refractivity contribution is -0.137. The van der Waals surface area contributed by atoms with Crippen molar-refractivity contribution >= 4 is 11.6 Å². The molecule has 3 rings (SSSR count). The van der Waals surface area contributed by atoms with Crippen LogP contribution in [-0.2, 0) is 28.8 Å². The first-order valence-corrected chi connectivity index (χ1v) is 10.3. The van der Waals surface area contributed by atoms with Crippen LogP contribution in [0, 0.1) is 6.92 Å². The van der Waals surface area contributed by atoms with Crippen LogP contribution >= 0.6 is 0 Å². The Balaban J connectivity index is 1.77. The Morgan fingerprint density at radius 2 is 1.71 bits per heavy atom. The summed E-state index contributed by atoms with van der Waals surface area (Å²) in [5.74, 6) is -0.205. The van der Waals surface area contributed by atoms with Crippen LogP contribution in [0.1, 0.15) is 27.8 Å². The number of oxime groups is 1. The molecule has 0 heterocycles. The average molecular weight is 472 g/mol. The number of rotatable bonds is 9. The van der Waals surface area contributed by atoms with E-state index in [1.165, 1.54) is 17.6 Å². The van der Waals surface area contributed by atoms with E-state index in [2.05, 4.69) is 5.16 Å². The predicted molar refractivity (Wildman–Crippen MR) is 120 cm³/mol. The molecule has 0 aliphatic rings. The van der Waals surface area contributed by atoms with Gasteiger partial charge in [0.05, 0.1) is 11.3 Å². The van der Waals surface area contributed by atoms with Crippen LogP contribution in [0.2, 0.25) is 0 Å². The largest absolute Gasteiger partial charge is 0.483 e. The number of nitrogens with one attached hydrogen (secondary N) is 1. The predicted octanol–water partition coefficient (Wildman–Crippen LogP) is 5.06. The highest BCUT2D eigenvalue weighted by Gasteiger charge is 2.29. The number of benzene rings is 3. The maximum absolute atomic E-state index is 12.7. The molecule has 0 aliphatic carbocycles. The minimum absolute atomic E-state index is 0.00682. The summed E-state index contributed by atoms with van der Waals surface area (Å²) < 4.78 is 43.6. The molecule has 3 aromatic rings. The molecule has 0 radical (unpaired) electrons. The Bertz CT molecular complexity index is 1130. The van der Waals surface area contributed by atoms with Gasteiger partial charge in [-0.05, 0) is 53.9 Å². The zero-order valence-electron chi connectivity index (χ0n) is 18.3. The van der Waals surface area contributed by atoms with Gasteiger partial charge in [-0.25, -0.2) is 5.48 Å². The zero-order valence-corrected chi connectivity index (χ0v) is 18.3. The van der Waals surface area contributed by atoms with Crippen LogP contribution in [0.5, 0.6) is 5.75 Å². The second-order valence-electron chi connectivity index (χ2n) is 7.47. The number of hydrogen-bond acceptors (Lipinski definition) is 5. The van der Waals surface area contributed by atoms with Crippen molar-refractivity contribution in [3.05, 3.63) is 101 Å². The molecule has 0 bridgehead atoms. The van der Waals surface area contributed by atoms with Crippen LogP contribution in [0.15, 0.2) is 78.0 Å². The SMILES string of the molecule is Cc1cc(/C(Cc2ccccc2)=N/OCc2ccc(C(F)(F)F)cc2)ccc1OCC(=O)NO. The third kappa shape index (κ3) is 7.08. The van der Waals surface area contributed by atoms with Crippen molar-refractivity contribution in [2.45, 2.75) is 26.1 Å². The highest BCUT2D eigenvalue weighted by atomic mass is 19.4. The van der Waals surface area contributed by atoms with E-state index in [9.17, 15) is 18.0 Å². The van der Waals surface area contributed by atoms with E-state index in [4.69, 9.17) is 14.8 Å². The number of carbonyl (C=O) groups is 1. The molecule has 1 amide bonds. The summed E-state index contributed by atoms with van der Waals surface area (Å²) >= 11 is 0. The number of nitrogens with zero attached hydrogens (tertiary/aromatic N) is 1. The normalized spacial score (nSPS) is 11.7. The van der Waals surface area contributed by atoms with Crippen molar-refractivity contribution in [1.82, 2.24) is 5.48 Å². The molecular weight excluding hydrogens is 449 g/mol. The minimum Gasteiger partial charge on any atom is -0.483 e. The van der Waals surface area contributed by atoms with Gasteiger partial charge in [0, 0.05) is 12.0 Å². The maximum atomic E-state index is 12.7. The highest BCUT2D eigenvalue weighted by Crippen LogP contribution is 2.29. The number of alkyl halides is 3. The van der Waals surface area contributed by atoms with Gasteiger partial charge in [0.2, 0.25) is 0 Å². The molecule has 0 unspecified atom stereocenters. The van der Waals surface area contributed by atoms with E-state index < -0.39 is 17.6 Å². The van der Waals surface area contributed by atoms with E-state index in [1.54, 1.807) is 19.1 Å². The van der Waals surface area contributed by atoms with Gasteiger partial charge in [-0.15, -0.1) is 0 Å². The minimum atomic E-state index is -4.39. The van der Waals surface area contributed by atoms with Crippen LogP contribution in [0.4, 0.5) is 13.2 Å². The van der Waals surface area contributed by atoms with Crippen LogP contribution in [0.3, 0.4) is 0 Å². The van der Waals surface area contributed by atoms with Gasteiger partial charge in [0.1, 0.15) is 12.4 Å². The third-order valence-electron chi connectivity index (χ3n) is 4.89. The fraction of sp³-hybridized carbons (Fsp3) is 0.200. The first-order chi connectivity index (χ1) is 16.3. The van der Waals surface area contributed by atoms with Crippen LogP contribution < -0.4 is 10.2 Å². The molecule has 0 saturated heterocycles. The van der Waals surface area contributed by atoms with E-state index in [1.807, 2.05) is 36.4 Å². The first kappa shape index (κ1) is 24.8. The zero-order chi connectivity index (χ0) is 24.6. The summed E-state index contributed by atoms with van der Waals surface area (Å²) in [6.45, 7) is 1.48. The van der Waals surface area contributed by atoms with Gasteiger partial charge in [-0.3, -0.25) is 10.0 Å². The van der Waals surface area contributed by atoms with E-state index in [0.717, 1.165) is 28.8 Å². The lowest BCUT2D eigenvalue weighted by atomic mass is 10.0. The second-order valence-corrected chi connectivity index (χ2v) is 7.47. The second kappa shape index (κ2) is 11.3. The molecule has 0 saturated carbocycles. The third-order valence-corrected chi connectivity index (χ3v) is 4.89. The molecule has 3 aromatic carbocycles.